The molecular weight excluding hydrogens is 152 g/mol. The Balaban J connectivity index is 2.71. The van der Waals surface area contributed by atoms with Crippen LogP contribution in [0.5, 0.6) is 0 Å². The van der Waals surface area contributed by atoms with Crippen LogP contribution >= 0.6 is 0 Å². The molecule has 0 aromatic heterocycles. The van der Waals surface area contributed by atoms with Gasteiger partial charge in [0, 0.05) is 11.9 Å². The quantitative estimate of drug-likeness (QED) is 0.655. The fourth-order valence-corrected chi connectivity index (χ4v) is 1.01. The van der Waals surface area contributed by atoms with Crippen LogP contribution < -0.4 is 5.73 Å². The van der Waals surface area contributed by atoms with E-state index >= 15 is 0 Å². The molecule has 3 heteroatoms. The highest BCUT2D eigenvalue weighted by atomic mass is 16.1. The third-order valence-corrected chi connectivity index (χ3v) is 1.59. The van der Waals surface area contributed by atoms with Gasteiger partial charge in [-0.3, -0.25) is 4.79 Å². The van der Waals surface area contributed by atoms with Crippen molar-refractivity contribution in [3.8, 4) is 0 Å². The lowest BCUT2D eigenvalue weighted by Crippen LogP contribution is -2.29. The van der Waals surface area contributed by atoms with Crippen molar-refractivity contribution in [1.82, 2.24) is 4.90 Å². The lowest BCUT2D eigenvalue weighted by molar-refractivity contribution is -0.118. The van der Waals surface area contributed by atoms with E-state index in [2.05, 4.69) is 6.58 Å². The molecule has 0 radical (unpaired) electrons. The van der Waals surface area contributed by atoms with Crippen LogP contribution in [0, 0.1) is 0 Å². The molecule has 0 aromatic rings. The summed E-state index contributed by atoms with van der Waals surface area (Å²) >= 11 is 0. The Kier molecular flexibility index (Phi) is 2.33. The summed E-state index contributed by atoms with van der Waals surface area (Å²) in [5.41, 5.74) is 6.93. The van der Waals surface area contributed by atoms with Gasteiger partial charge in [0.2, 0.25) is 5.91 Å². The third kappa shape index (κ3) is 1.99. The highest BCUT2D eigenvalue weighted by molar-refractivity contribution is 5.76. The molecule has 12 heavy (non-hydrogen) atoms. The maximum Gasteiger partial charge on any atom is 0.237 e. The average molecular weight is 164 g/mol. The van der Waals surface area contributed by atoms with Crippen molar-refractivity contribution in [3.05, 3.63) is 36.2 Å². The van der Waals surface area contributed by atoms with Crippen LogP contribution in [0.3, 0.4) is 0 Å². The fraction of sp³-hybridized carbons (Fsp3) is 0.222. The summed E-state index contributed by atoms with van der Waals surface area (Å²) in [6, 6.07) is 0. The van der Waals surface area contributed by atoms with Crippen LogP contribution in [-0.4, -0.2) is 17.4 Å². The molecule has 0 saturated carbocycles. The molecule has 1 aliphatic rings. The van der Waals surface area contributed by atoms with Gasteiger partial charge in [-0.05, 0) is 18.6 Å². The van der Waals surface area contributed by atoms with Gasteiger partial charge in [0.1, 0.15) is 6.54 Å². The maximum atomic E-state index is 10.6. The van der Waals surface area contributed by atoms with Gasteiger partial charge < -0.3 is 10.6 Å². The Labute approximate surface area is 71.8 Å². The fourth-order valence-electron chi connectivity index (χ4n) is 1.01. The van der Waals surface area contributed by atoms with Crippen molar-refractivity contribution < 1.29 is 4.79 Å². The molecule has 1 heterocycles. The summed E-state index contributed by atoms with van der Waals surface area (Å²) in [6.07, 6.45) is 5.66. The van der Waals surface area contributed by atoms with Crippen molar-refractivity contribution in [1.29, 1.82) is 0 Å². The van der Waals surface area contributed by atoms with E-state index in [9.17, 15) is 4.79 Å². The number of amides is 1. The first kappa shape index (κ1) is 8.59. The van der Waals surface area contributed by atoms with Crippen molar-refractivity contribution in [2.75, 3.05) is 6.54 Å². The normalized spacial score (nSPS) is 16.2. The number of nitrogens with two attached hydrogens (primary N) is 1. The second-order valence-corrected chi connectivity index (χ2v) is 2.79. The molecule has 0 spiro atoms. The van der Waals surface area contributed by atoms with Gasteiger partial charge in [0.15, 0.2) is 0 Å². The van der Waals surface area contributed by atoms with E-state index in [-0.39, 0.29) is 12.5 Å². The lowest BCUT2D eigenvalue weighted by Gasteiger charge is -2.22. The zero-order valence-corrected chi connectivity index (χ0v) is 7.08. The van der Waals surface area contributed by atoms with Crippen molar-refractivity contribution >= 4 is 5.91 Å². The van der Waals surface area contributed by atoms with Crippen LogP contribution in [0.15, 0.2) is 36.2 Å². The molecule has 0 unspecified atom stereocenters. The first-order valence-electron chi connectivity index (χ1n) is 3.70. The minimum atomic E-state index is -0.351. The van der Waals surface area contributed by atoms with Gasteiger partial charge in [-0.25, -0.2) is 0 Å². The Hall–Kier alpha value is -1.51. The summed E-state index contributed by atoms with van der Waals surface area (Å²) in [6.45, 7) is 5.92. The molecule has 0 saturated heterocycles. The van der Waals surface area contributed by atoms with E-state index in [1.807, 2.05) is 25.3 Å². The van der Waals surface area contributed by atoms with E-state index in [1.165, 1.54) is 0 Å². The Morgan fingerprint density at radius 1 is 1.67 bits per heavy atom. The average Bonchev–Trinajstić information content (AvgIpc) is 1.96. The SMILES string of the molecule is C=C1C=CC(C)=CN1CC(N)=O. The van der Waals surface area contributed by atoms with Crippen LogP contribution in [0.1, 0.15) is 6.92 Å². The van der Waals surface area contributed by atoms with E-state index in [1.54, 1.807) is 4.90 Å². The molecule has 0 bridgehead atoms. The predicted octanol–water partition coefficient (Wildman–Crippen LogP) is 0.761. The first-order valence-corrected chi connectivity index (χ1v) is 3.70. The lowest BCUT2D eigenvalue weighted by atomic mass is 10.2. The third-order valence-electron chi connectivity index (χ3n) is 1.59. The second-order valence-electron chi connectivity index (χ2n) is 2.79. The van der Waals surface area contributed by atoms with Gasteiger partial charge in [0.05, 0.1) is 0 Å². The highest BCUT2D eigenvalue weighted by Crippen LogP contribution is 2.13. The van der Waals surface area contributed by atoms with E-state index in [0.717, 1.165) is 11.3 Å². The smallest absolute Gasteiger partial charge is 0.237 e. The molecule has 0 fully saturated rings. The number of hydrogen-bond donors (Lipinski definition) is 1. The second kappa shape index (κ2) is 3.26. The number of carbonyl (C=O) groups excluding carboxylic acids is 1. The Bertz CT molecular complexity index is 276. The zero-order valence-electron chi connectivity index (χ0n) is 7.08. The predicted molar refractivity (Wildman–Crippen MR) is 47.9 cm³/mol. The van der Waals surface area contributed by atoms with Gasteiger partial charge in [-0.1, -0.05) is 12.7 Å². The molecule has 0 aromatic carbocycles. The van der Waals surface area contributed by atoms with Gasteiger partial charge in [-0.15, -0.1) is 0 Å². The van der Waals surface area contributed by atoms with E-state index in [0.29, 0.717) is 0 Å². The summed E-state index contributed by atoms with van der Waals surface area (Å²) in [4.78, 5) is 12.3. The molecule has 2 N–H and O–H groups in total. The van der Waals surface area contributed by atoms with Crippen LogP contribution in [0.4, 0.5) is 0 Å². The van der Waals surface area contributed by atoms with E-state index < -0.39 is 0 Å². The number of primary amides is 1. The van der Waals surface area contributed by atoms with E-state index in [4.69, 9.17) is 5.73 Å². The summed E-state index contributed by atoms with van der Waals surface area (Å²) < 4.78 is 0. The van der Waals surface area contributed by atoms with Gasteiger partial charge in [-0.2, -0.15) is 0 Å². The molecular formula is C9H12N2O. The number of allylic oxidation sites excluding steroid dienone is 3. The standard InChI is InChI=1S/C9H12N2O/c1-7-3-4-8(2)11(5-7)6-9(10)12/h3-5H,2,6H2,1H3,(H2,10,12). The molecule has 0 aliphatic carbocycles. The highest BCUT2D eigenvalue weighted by Gasteiger charge is 2.08. The van der Waals surface area contributed by atoms with Crippen molar-refractivity contribution in [3.63, 3.8) is 0 Å². The summed E-state index contributed by atoms with van der Waals surface area (Å²) in [5, 5.41) is 0. The van der Waals surface area contributed by atoms with Gasteiger partial charge in [0.25, 0.3) is 0 Å². The van der Waals surface area contributed by atoms with Crippen molar-refractivity contribution in [2.45, 2.75) is 6.92 Å². The molecule has 1 rings (SSSR count). The summed E-state index contributed by atoms with van der Waals surface area (Å²) in [7, 11) is 0. The van der Waals surface area contributed by atoms with Crippen LogP contribution in [0.25, 0.3) is 0 Å². The molecule has 1 aliphatic heterocycles. The largest absolute Gasteiger partial charge is 0.368 e. The van der Waals surface area contributed by atoms with Gasteiger partial charge >= 0.3 is 0 Å². The maximum absolute atomic E-state index is 10.6. The first-order chi connectivity index (χ1) is 5.59. The monoisotopic (exact) mass is 164 g/mol. The van der Waals surface area contributed by atoms with Crippen LogP contribution in [0.2, 0.25) is 0 Å². The molecule has 64 valence electrons. The number of nitrogens with zero attached hydrogens (tertiary/aromatic N) is 1. The molecule has 3 nitrogen and oxygen atoms in total. The number of carbonyl (C=O) groups is 1. The topological polar surface area (TPSA) is 46.3 Å². The minimum absolute atomic E-state index is 0.195. The zero-order chi connectivity index (χ0) is 9.14. The number of rotatable bonds is 2. The Morgan fingerprint density at radius 2 is 2.33 bits per heavy atom. The summed E-state index contributed by atoms with van der Waals surface area (Å²) in [5.74, 6) is -0.351. The van der Waals surface area contributed by atoms with Crippen LogP contribution in [-0.2, 0) is 4.79 Å². The number of hydrogen-bond acceptors (Lipinski definition) is 2. The Morgan fingerprint density at radius 3 is 2.92 bits per heavy atom. The van der Waals surface area contributed by atoms with Crippen molar-refractivity contribution in [2.24, 2.45) is 5.73 Å². The molecule has 1 amide bonds. The minimum Gasteiger partial charge on any atom is -0.368 e. The molecule has 0 atom stereocenters.